The van der Waals surface area contributed by atoms with Crippen molar-refractivity contribution in [2.75, 3.05) is 25.5 Å². The molecule has 0 atom stereocenters. The van der Waals surface area contributed by atoms with E-state index >= 15 is 0 Å². The third-order valence-electron chi connectivity index (χ3n) is 3.17. The first-order chi connectivity index (χ1) is 7.97. The second kappa shape index (κ2) is 4.84. The highest BCUT2D eigenvalue weighted by atomic mass is 35.5. The number of rotatable bonds is 2. The van der Waals surface area contributed by atoms with Crippen molar-refractivity contribution in [3.63, 3.8) is 0 Å². The molecule has 0 amide bonds. The van der Waals surface area contributed by atoms with E-state index in [-0.39, 0.29) is 5.54 Å². The van der Waals surface area contributed by atoms with Crippen LogP contribution in [0.3, 0.4) is 0 Å². The van der Waals surface area contributed by atoms with Gasteiger partial charge in [0.15, 0.2) is 0 Å². The van der Waals surface area contributed by atoms with E-state index < -0.39 is 0 Å². The van der Waals surface area contributed by atoms with Gasteiger partial charge >= 0.3 is 0 Å². The smallest absolute Gasteiger partial charge is 0.0645 e. The van der Waals surface area contributed by atoms with Gasteiger partial charge in [-0.3, -0.25) is 4.90 Å². The lowest BCUT2D eigenvalue weighted by Crippen LogP contribution is -2.52. The van der Waals surface area contributed by atoms with Crippen molar-refractivity contribution in [2.45, 2.75) is 25.9 Å². The fourth-order valence-electron chi connectivity index (χ4n) is 2.17. The first-order valence-electron chi connectivity index (χ1n) is 5.85. The largest absolute Gasteiger partial charge is 0.399 e. The normalized spacial score (nSPS) is 20.4. The van der Waals surface area contributed by atoms with Crippen LogP contribution in [0.2, 0.25) is 5.02 Å². The zero-order valence-corrected chi connectivity index (χ0v) is 11.1. The SMILES string of the molecule is CC1(C)COCCN1Cc1cc(N)cc(Cl)c1. The van der Waals surface area contributed by atoms with Gasteiger partial charge in [0, 0.05) is 29.3 Å². The standard InChI is InChI=1S/C13H19ClN2O/c1-13(2)9-17-4-3-16(13)8-10-5-11(14)7-12(15)6-10/h5-7H,3-4,8-9,15H2,1-2H3. The number of nitrogens with zero attached hydrogens (tertiary/aromatic N) is 1. The van der Waals surface area contributed by atoms with Gasteiger partial charge in [-0.15, -0.1) is 0 Å². The summed E-state index contributed by atoms with van der Waals surface area (Å²) >= 11 is 6.02. The van der Waals surface area contributed by atoms with Gasteiger partial charge in [0.05, 0.1) is 13.2 Å². The maximum Gasteiger partial charge on any atom is 0.0645 e. The van der Waals surface area contributed by atoms with Crippen molar-refractivity contribution in [2.24, 2.45) is 0 Å². The Morgan fingerprint density at radius 3 is 2.82 bits per heavy atom. The summed E-state index contributed by atoms with van der Waals surface area (Å²) in [4.78, 5) is 2.40. The quantitative estimate of drug-likeness (QED) is 0.825. The molecule has 1 aliphatic rings. The molecule has 0 bridgehead atoms. The van der Waals surface area contributed by atoms with Crippen molar-refractivity contribution >= 4 is 17.3 Å². The Balaban J connectivity index is 2.14. The number of halogens is 1. The Morgan fingerprint density at radius 1 is 1.41 bits per heavy atom. The van der Waals surface area contributed by atoms with Crippen molar-refractivity contribution in [3.8, 4) is 0 Å². The summed E-state index contributed by atoms with van der Waals surface area (Å²) in [5.74, 6) is 0. The molecule has 1 saturated heterocycles. The Morgan fingerprint density at radius 2 is 2.18 bits per heavy atom. The van der Waals surface area contributed by atoms with E-state index in [9.17, 15) is 0 Å². The van der Waals surface area contributed by atoms with Gasteiger partial charge in [-0.05, 0) is 37.6 Å². The predicted octanol–water partition coefficient (Wildman–Crippen LogP) is 2.53. The molecule has 1 aromatic carbocycles. The topological polar surface area (TPSA) is 38.5 Å². The van der Waals surface area contributed by atoms with Gasteiger partial charge in [-0.2, -0.15) is 0 Å². The van der Waals surface area contributed by atoms with Crippen LogP contribution in [-0.4, -0.2) is 30.2 Å². The summed E-state index contributed by atoms with van der Waals surface area (Å²) in [6, 6.07) is 5.73. The monoisotopic (exact) mass is 254 g/mol. The molecule has 17 heavy (non-hydrogen) atoms. The molecule has 1 aromatic rings. The van der Waals surface area contributed by atoms with Crippen LogP contribution in [0.1, 0.15) is 19.4 Å². The van der Waals surface area contributed by atoms with Crippen LogP contribution >= 0.6 is 11.6 Å². The molecule has 2 N–H and O–H groups in total. The van der Waals surface area contributed by atoms with Crippen LogP contribution in [0.25, 0.3) is 0 Å². The predicted molar refractivity (Wildman–Crippen MR) is 71.2 cm³/mol. The molecule has 0 aliphatic carbocycles. The molecule has 1 fully saturated rings. The molecule has 1 heterocycles. The van der Waals surface area contributed by atoms with Crippen molar-refractivity contribution < 1.29 is 4.74 Å². The Hall–Kier alpha value is -0.770. The molecular weight excluding hydrogens is 236 g/mol. The highest BCUT2D eigenvalue weighted by Gasteiger charge is 2.30. The van der Waals surface area contributed by atoms with Gasteiger partial charge in [0.1, 0.15) is 0 Å². The molecule has 0 aromatic heterocycles. The zero-order valence-electron chi connectivity index (χ0n) is 10.4. The first-order valence-corrected chi connectivity index (χ1v) is 6.23. The van der Waals surface area contributed by atoms with Crippen LogP contribution in [0.5, 0.6) is 0 Å². The number of hydrogen-bond acceptors (Lipinski definition) is 3. The second-order valence-electron chi connectivity index (χ2n) is 5.18. The minimum Gasteiger partial charge on any atom is -0.399 e. The Kier molecular flexibility index (Phi) is 3.61. The number of benzene rings is 1. The van der Waals surface area contributed by atoms with Crippen LogP contribution < -0.4 is 5.73 Å². The number of anilines is 1. The van der Waals surface area contributed by atoms with Crippen molar-refractivity contribution in [3.05, 3.63) is 28.8 Å². The maximum absolute atomic E-state index is 6.02. The lowest BCUT2D eigenvalue weighted by atomic mass is 10.0. The average Bonchev–Trinajstić information content (AvgIpc) is 2.19. The van der Waals surface area contributed by atoms with Crippen molar-refractivity contribution in [1.82, 2.24) is 4.90 Å². The summed E-state index contributed by atoms with van der Waals surface area (Å²) in [6.07, 6.45) is 0. The van der Waals surface area contributed by atoms with E-state index in [1.807, 2.05) is 12.1 Å². The van der Waals surface area contributed by atoms with E-state index in [4.69, 9.17) is 22.1 Å². The summed E-state index contributed by atoms with van der Waals surface area (Å²) in [5, 5.41) is 0.700. The van der Waals surface area contributed by atoms with E-state index in [2.05, 4.69) is 18.7 Å². The van der Waals surface area contributed by atoms with Gasteiger partial charge < -0.3 is 10.5 Å². The maximum atomic E-state index is 6.02. The van der Waals surface area contributed by atoms with E-state index in [1.165, 1.54) is 0 Å². The molecule has 3 nitrogen and oxygen atoms in total. The molecule has 0 radical (unpaired) electrons. The fourth-order valence-corrected chi connectivity index (χ4v) is 2.44. The van der Waals surface area contributed by atoms with Gasteiger partial charge in [0.25, 0.3) is 0 Å². The minimum absolute atomic E-state index is 0.0648. The molecule has 0 spiro atoms. The van der Waals surface area contributed by atoms with Crippen LogP contribution in [0.15, 0.2) is 18.2 Å². The summed E-state index contributed by atoms with van der Waals surface area (Å²) in [7, 11) is 0. The summed E-state index contributed by atoms with van der Waals surface area (Å²) in [5.41, 5.74) is 7.75. The summed E-state index contributed by atoms with van der Waals surface area (Å²) in [6.45, 7) is 7.75. The number of nitrogens with two attached hydrogens (primary N) is 1. The van der Waals surface area contributed by atoms with Crippen molar-refractivity contribution in [1.29, 1.82) is 0 Å². The molecule has 0 unspecified atom stereocenters. The van der Waals surface area contributed by atoms with Crippen LogP contribution in [0, 0.1) is 0 Å². The molecule has 94 valence electrons. The van der Waals surface area contributed by atoms with Gasteiger partial charge in [0.2, 0.25) is 0 Å². The molecule has 2 rings (SSSR count). The zero-order chi connectivity index (χ0) is 12.5. The van der Waals surface area contributed by atoms with Gasteiger partial charge in [-0.25, -0.2) is 0 Å². The lowest BCUT2D eigenvalue weighted by molar-refractivity contribution is -0.0552. The Labute approximate surface area is 107 Å². The van der Waals surface area contributed by atoms with Crippen LogP contribution in [0.4, 0.5) is 5.69 Å². The van der Waals surface area contributed by atoms with Crippen LogP contribution in [-0.2, 0) is 11.3 Å². The number of ether oxygens (including phenoxy) is 1. The van der Waals surface area contributed by atoms with Gasteiger partial charge in [-0.1, -0.05) is 11.6 Å². The van der Waals surface area contributed by atoms with E-state index in [0.717, 1.165) is 37.6 Å². The second-order valence-corrected chi connectivity index (χ2v) is 5.62. The first kappa shape index (κ1) is 12.7. The fraction of sp³-hybridized carbons (Fsp3) is 0.538. The highest BCUT2D eigenvalue weighted by Crippen LogP contribution is 2.24. The molecule has 1 aliphatic heterocycles. The third kappa shape index (κ3) is 3.12. The molecule has 0 saturated carbocycles. The number of morpholine rings is 1. The molecule has 4 heteroatoms. The average molecular weight is 255 g/mol. The van der Waals surface area contributed by atoms with E-state index in [0.29, 0.717) is 5.02 Å². The minimum atomic E-state index is 0.0648. The third-order valence-corrected chi connectivity index (χ3v) is 3.39. The molecular formula is C13H19ClN2O. The lowest BCUT2D eigenvalue weighted by Gasteiger charge is -2.42. The highest BCUT2D eigenvalue weighted by molar-refractivity contribution is 6.30. The number of nitrogen functional groups attached to an aromatic ring is 1. The number of hydrogen-bond donors (Lipinski definition) is 1. The summed E-state index contributed by atoms with van der Waals surface area (Å²) < 4.78 is 5.51. The Bertz CT molecular complexity index is 386. The van der Waals surface area contributed by atoms with E-state index in [1.54, 1.807) is 6.07 Å².